The highest BCUT2D eigenvalue weighted by molar-refractivity contribution is 7.19. The molecule has 0 aliphatic rings. The van der Waals surface area contributed by atoms with Crippen LogP contribution in [0.1, 0.15) is 25.5 Å². The van der Waals surface area contributed by atoms with Crippen molar-refractivity contribution in [3.05, 3.63) is 35.5 Å². The molecular weight excluding hydrogens is 288 g/mol. The van der Waals surface area contributed by atoms with E-state index in [1.165, 1.54) is 11.3 Å². The largest absolute Gasteiger partial charge is 0.375 e. The molecular formula is C14H14N4S2. The Labute approximate surface area is 125 Å². The first-order valence-electron chi connectivity index (χ1n) is 6.28. The summed E-state index contributed by atoms with van der Waals surface area (Å²) in [5.74, 6) is 0.335. The molecule has 0 aromatic carbocycles. The van der Waals surface area contributed by atoms with Gasteiger partial charge in [-0.1, -0.05) is 19.9 Å². The topological polar surface area (TPSA) is 64.7 Å². The van der Waals surface area contributed by atoms with E-state index in [0.717, 1.165) is 27.0 Å². The smallest absolute Gasteiger partial charge is 0.180 e. The average Bonchev–Trinajstić information content (AvgIpc) is 3.05. The van der Waals surface area contributed by atoms with Gasteiger partial charge in [-0.2, -0.15) is 0 Å². The van der Waals surface area contributed by atoms with Crippen LogP contribution in [-0.2, 0) is 0 Å². The third kappa shape index (κ3) is 2.44. The quantitative estimate of drug-likeness (QED) is 0.793. The minimum Gasteiger partial charge on any atom is -0.375 e. The summed E-state index contributed by atoms with van der Waals surface area (Å²) in [6.45, 7) is 4.27. The monoisotopic (exact) mass is 302 g/mol. The van der Waals surface area contributed by atoms with Gasteiger partial charge in [0.25, 0.3) is 0 Å². The first-order valence-corrected chi connectivity index (χ1v) is 7.98. The van der Waals surface area contributed by atoms with Crippen LogP contribution in [0.25, 0.3) is 21.3 Å². The molecule has 20 heavy (non-hydrogen) atoms. The Morgan fingerprint density at radius 1 is 1.15 bits per heavy atom. The first kappa shape index (κ1) is 13.2. The lowest BCUT2D eigenvalue weighted by Crippen LogP contribution is -1.91. The zero-order valence-corrected chi connectivity index (χ0v) is 12.8. The van der Waals surface area contributed by atoms with E-state index in [1.807, 2.05) is 23.6 Å². The molecule has 4 nitrogen and oxygen atoms in total. The van der Waals surface area contributed by atoms with Crippen LogP contribution >= 0.6 is 22.7 Å². The molecule has 0 amide bonds. The van der Waals surface area contributed by atoms with E-state index >= 15 is 0 Å². The van der Waals surface area contributed by atoms with Crippen molar-refractivity contribution in [3.63, 3.8) is 0 Å². The third-order valence-electron chi connectivity index (χ3n) is 2.84. The van der Waals surface area contributed by atoms with E-state index in [0.29, 0.717) is 11.0 Å². The van der Waals surface area contributed by atoms with Gasteiger partial charge in [0.05, 0.1) is 22.0 Å². The van der Waals surface area contributed by atoms with Gasteiger partial charge in [0.15, 0.2) is 5.13 Å². The van der Waals surface area contributed by atoms with Gasteiger partial charge in [0.2, 0.25) is 0 Å². The molecule has 3 rings (SSSR count). The van der Waals surface area contributed by atoms with Crippen molar-refractivity contribution in [3.8, 4) is 21.3 Å². The Kier molecular flexibility index (Phi) is 3.50. The molecule has 2 N–H and O–H groups in total. The van der Waals surface area contributed by atoms with Crippen LogP contribution in [-0.4, -0.2) is 15.0 Å². The van der Waals surface area contributed by atoms with E-state index in [-0.39, 0.29) is 0 Å². The third-order valence-corrected chi connectivity index (χ3v) is 4.63. The number of rotatable bonds is 3. The number of nitrogen functional groups attached to an aromatic ring is 1. The summed E-state index contributed by atoms with van der Waals surface area (Å²) >= 11 is 3.08. The van der Waals surface area contributed by atoms with Crippen LogP contribution in [0.2, 0.25) is 0 Å². The summed E-state index contributed by atoms with van der Waals surface area (Å²) in [6, 6.07) is 5.85. The number of hydrogen-bond donors (Lipinski definition) is 1. The lowest BCUT2D eigenvalue weighted by Gasteiger charge is -2.02. The van der Waals surface area contributed by atoms with Crippen molar-refractivity contribution < 1.29 is 0 Å². The second kappa shape index (κ2) is 5.30. The molecule has 6 heteroatoms. The fourth-order valence-electron chi connectivity index (χ4n) is 1.90. The maximum absolute atomic E-state index is 5.74. The van der Waals surface area contributed by atoms with Crippen LogP contribution < -0.4 is 5.73 Å². The van der Waals surface area contributed by atoms with Crippen LogP contribution in [0.3, 0.4) is 0 Å². The van der Waals surface area contributed by atoms with Crippen LogP contribution in [0.4, 0.5) is 5.13 Å². The molecule has 0 atom stereocenters. The summed E-state index contributed by atoms with van der Waals surface area (Å²) in [7, 11) is 0. The molecule has 3 aromatic rings. The van der Waals surface area contributed by atoms with Gasteiger partial charge in [-0.3, -0.25) is 4.98 Å². The van der Waals surface area contributed by atoms with Crippen LogP contribution in [0.15, 0.2) is 29.8 Å². The summed E-state index contributed by atoms with van der Waals surface area (Å²) in [6.07, 6.45) is 1.78. The zero-order chi connectivity index (χ0) is 14.1. The molecule has 3 heterocycles. The van der Waals surface area contributed by atoms with E-state index in [1.54, 1.807) is 17.5 Å². The lowest BCUT2D eigenvalue weighted by atomic mass is 10.1. The maximum atomic E-state index is 5.74. The van der Waals surface area contributed by atoms with Crippen LogP contribution in [0, 0.1) is 0 Å². The number of thiazole rings is 2. The lowest BCUT2D eigenvalue weighted by molar-refractivity contribution is 0.835. The minimum atomic E-state index is 0.335. The predicted molar refractivity (Wildman–Crippen MR) is 85.0 cm³/mol. The number of nitrogens with two attached hydrogens (primary N) is 1. The molecule has 0 saturated carbocycles. The van der Waals surface area contributed by atoms with E-state index in [4.69, 9.17) is 10.7 Å². The molecule has 102 valence electrons. The molecule has 0 aliphatic heterocycles. The van der Waals surface area contributed by atoms with Gasteiger partial charge < -0.3 is 5.73 Å². The molecule has 3 aromatic heterocycles. The van der Waals surface area contributed by atoms with Crippen molar-refractivity contribution in [2.75, 3.05) is 5.73 Å². The maximum Gasteiger partial charge on any atom is 0.180 e. The Morgan fingerprint density at radius 2 is 2.00 bits per heavy atom. The standard InChI is InChI=1S/C14H14N4S2/c1-8(2)11-12(10-7-19-14(15)17-10)20-13(18-11)9-5-3-4-6-16-9/h3-8H,1-2H3,(H2,15,17). The fourth-order valence-corrected chi connectivity index (χ4v) is 3.68. The zero-order valence-electron chi connectivity index (χ0n) is 11.2. The molecule has 0 bridgehead atoms. The molecule has 0 saturated heterocycles. The number of aromatic nitrogens is 3. The number of pyridine rings is 1. The van der Waals surface area contributed by atoms with E-state index in [9.17, 15) is 0 Å². The number of hydrogen-bond acceptors (Lipinski definition) is 6. The Balaban J connectivity index is 2.12. The molecule has 0 radical (unpaired) electrons. The fraction of sp³-hybridized carbons (Fsp3) is 0.214. The Hall–Kier alpha value is -1.79. The molecule has 0 unspecified atom stereocenters. The van der Waals surface area contributed by atoms with Crippen molar-refractivity contribution in [2.45, 2.75) is 19.8 Å². The second-order valence-electron chi connectivity index (χ2n) is 4.67. The average molecular weight is 302 g/mol. The highest BCUT2D eigenvalue weighted by atomic mass is 32.1. The van der Waals surface area contributed by atoms with Crippen molar-refractivity contribution >= 4 is 27.8 Å². The predicted octanol–water partition coefficient (Wildman–Crippen LogP) is 4.03. The summed E-state index contributed by atoms with van der Waals surface area (Å²) in [4.78, 5) is 14.6. The summed E-state index contributed by atoms with van der Waals surface area (Å²) in [5, 5.41) is 3.50. The van der Waals surface area contributed by atoms with Crippen molar-refractivity contribution in [2.24, 2.45) is 0 Å². The van der Waals surface area contributed by atoms with Gasteiger partial charge in [0.1, 0.15) is 5.01 Å². The molecule has 0 spiro atoms. The highest BCUT2D eigenvalue weighted by Gasteiger charge is 2.19. The number of anilines is 1. The van der Waals surface area contributed by atoms with Crippen LogP contribution in [0.5, 0.6) is 0 Å². The first-order chi connectivity index (χ1) is 9.65. The van der Waals surface area contributed by atoms with Gasteiger partial charge >= 0.3 is 0 Å². The summed E-state index contributed by atoms with van der Waals surface area (Å²) < 4.78 is 0. The van der Waals surface area contributed by atoms with Gasteiger partial charge in [-0.15, -0.1) is 22.7 Å². The SMILES string of the molecule is CC(C)c1nc(-c2ccccn2)sc1-c1csc(N)n1. The molecule has 0 fully saturated rings. The summed E-state index contributed by atoms with van der Waals surface area (Å²) in [5.41, 5.74) is 8.61. The van der Waals surface area contributed by atoms with E-state index < -0.39 is 0 Å². The second-order valence-corrected chi connectivity index (χ2v) is 6.56. The highest BCUT2D eigenvalue weighted by Crippen LogP contribution is 2.38. The minimum absolute atomic E-state index is 0.335. The van der Waals surface area contributed by atoms with Crippen molar-refractivity contribution in [1.29, 1.82) is 0 Å². The van der Waals surface area contributed by atoms with E-state index in [2.05, 4.69) is 23.8 Å². The van der Waals surface area contributed by atoms with Gasteiger partial charge in [-0.25, -0.2) is 9.97 Å². The Morgan fingerprint density at radius 3 is 2.60 bits per heavy atom. The van der Waals surface area contributed by atoms with Crippen molar-refractivity contribution in [1.82, 2.24) is 15.0 Å². The number of nitrogens with zero attached hydrogens (tertiary/aromatic N) is 3. The normalized spacial score (nSPS) is 11.2. The Bertz CT molecular complexity index is 716. The molecule has 0 aliphatic carbocycles. The van der Waals surface area contributed by atoms with Gasteiger partial charge in [-0.05, 0) is 18.1 Å². The van der Waals surface area contributed by atoms with Gasteiger partial charge in [0, 0.05) is 11.6 Å².